The predicted molar refractivity (Wildman–Crippen MR) is 94.0 cm³/mol. The molecule has 0 atom stereocenters. The number of hydrogen-bond acceptors (Lipinski definition) is 4. The Bertz CT molecular complexity index is 842. The topological polar surface area (TPSA) is 59.8 Å². The van der Waals surface area contributed by atoms with Crippen LogP contribution in [0.15, 0.2) is 40.2 Å². The first-order valence-electron chi connectivity index (χ1n) is 7.05. The minimum atomic E-state index is -0.212. The van der Waals surface area contributed by atoms with Gasteiger partial charge in [-0.25, -0.2) is 4.68 Å². The second kappa shape index (κ2) is 6.64. The summed E-state index contributed by atoms with van der Waals surface area (Å²) >= 11 is 5.09. The molecule has 0 aliphatic heterocycles. The van der Waals surface area contributed by atoms with Gasteiger partial charge in [-0.3, -0.25) is 4.79 Å². The van der Waals surface area contributed by atoms with E-state index >= 15 is 0 Å². The summed E-state index contributed by atoms with van der Waals surface area (Å²) in [6.07, 6.45) is 0. The fraction of sp³-hybridized carbons (Fsp3) is 0.188. The van der Waals surface area contributed by atoms with E-state index in [9.17, 15) is 4.79 Å². The zero-order valence-electron chi connectivity index (χ0n) is 12.7. The molecule has 1 N–H and O–H groups in total. The molecule has 0 radical (unpaired) electrons. The minimum Gasteiger partial charge on any atom is -0.346 e. The lowest BCUT2D eigenvalue weighted by molar-refractivity contribution is 0.0945. The number of aromatic nitrogens is 3. The van der Waals surface area contributed by atoms with Crippen LogP contribution in [0.1, 0.15) is 26.6 Å². The fourth-order valence-corrected chi connectivity index (χ4v) is 3.10. The minimum absolute atomic E-state index is 0.212. The molecule has 0 unspecified atom stereocenters. The highest BCUT2D eigenvalue weighted by Gasteiger charge is 2.17. The summed E-state index contributed by atoms with van der Waals surface area (Å²) in [5.74, 6) is -0.212. The smallest absolute Gasteiger partial charge is 0.274 e. The molecular weight excluding hydrogens is 376 g/mol. The van der Waals surface area contributed by atoms with Crippen LogP contribution in [0.5, 0.6) is 0 Å². The Kier molecular flexibility index (Phi) is 4.58. The summed E-state index contributed by atoms with van der Waals surface area (Å²) in [5.41, 5.74) is 3.05. The molecule has 0 saturated carbocycles. The molecule has 3 aromatic rings. The summed E-state index contributed by atoms with van der Waals surface area (Å²) < 4.78 is 2.72. The van der Waals surface area contributed by atoms with E-state index in [1.54, 1.807) is 16.0 Å². The standard InChI is InChI=1S/C16H15BrN4OS/c1-10-8-12(5-6-14(10)17)21-11(2)15(19-20-21)16(22)18-9-13-4-3-7-23-13/h3-8H,9H2,1-2H3,(H,18,22). The Morgan fingerprint density at radius 2 is 2.17 bits per heavy atom. The van der Waals surface area contributed by atoms with E-state index in [1.807, 2.05) is 49.6 Å². The Morgan fingerprint density at radius 3 is 2.87 bits per heavy atom. The van der Waals surface area contributed by atoms with Gasteiger partial charge < -0.3 is 5.32 Å². The molecule has 7 heteroatoms. The number of nitrogens with one attached hydrogen (secondary N) is 1. The number of nitrogens with zero attached hydrogens (tertiary/aromatic N) is 3. The highest BCUT2D eigenvalue weighted by atomic mass is 79.9. The van der Waals surface area contributed by atoms with E-state index in [2.05, 4.69) is 31.6 Å². The molecule has 0 fully saturated rings. The number of hydrogen-bond donors (Lipinski definition) is 1. The van der Waals surface area contributed by atoms with E-state index in [0.717, 1.165) is 26.3 Å². The molecule has 0 aliphatic rings. The molecule has 1 amide bonds. The van der Waals surface area contributed by atoms with Gasteiger partial charge in [0.15, 0.2) is 5.69 Å². The van der Waals surface area contributed by atoms with Gasteiger partial charge in [-0.15, -0.1) is 16.4 Å². The molecule has 0 bridgehead atoms. The van der Waals surface area contributed by atoms with Gasteiger partial charge in [0.2, 0.25) is 0 Å². The first-order chi connectivity index (χ1) is 11.1. The van der Waals surface area contributed by atoms with Gasteiger partial charge in [0.1, 0.15) is 0 Å². The van der Waals surface area contributed by atoms with Crippen LogP contribution in [0.2, 0.25) is 0 Å². The number of rotatable bonds is 4. The van der Waals surface area contributed by atoms with Crippen molar-refractivity contribution in [2.75, 3.05) is 0 Å². The summed E-state index contributed by atoms with van der Waals surface area (Å²) in [4.78, 5) is 13.4. The largest absolute Gasteiger partial charge is 0.346 e. The second-order valence-corrected chi connectivity index (χ2v) is 7.02. The number of carbonyl (C=O) groups is 1. The number of carbonyl (C=O) groups excluding carboxylic acids is 1. The third kappa shape index (κ3) is 3.35. The summed E-state index contributed by atoms with van der Waals surface area (Å²) in [7, 11) is 0. The van der Waals surface area contributed by atoms with Gasteiger partial charge in [-0.1, -0.05) is 27.2 Å². The maximum Gasteiger partial charge on any atom is 0.274 e. The number of amides is 1. The lowest BCUT2D eigenvalue weighted by Crippen LogP contribution is -2.23. The highest BCUT2D eigenvalue weighted by molar-refractivity contribution is 9.10. The first-order valence-corrected chi connectivity index (χ1v) is 8.73. The lowest BCUT2D eigenvalue weighted by atomic mass is 10.2. The number of benzene rings is 1. The number of thiophene rings is 1. The van der Waals surface area contributed by atoms with Crippen LogP contribution in [0.25, 0.3) is 5.69 Å². The van der Waals surface area contributed by atoms with Crippen LogP contribution in [-0.2, 0) is 6.54 Å². The first kappa shape index (κ1) is 15.9. The van der Waals surface area contributed by atoms with Crippen molar-refractivity contribution in [3.8, 4) is 5.69 Å². The molecular formula is C16H15BrN4OS. The van der Waals surface area contributed by atoms with E-state index in [0.29, 0.717) is 12.2 Å². The maximum atomic E-state index is 12.3. The Balaban J connectivity index is 1.80. The molecule has 3 rings (SSSR count). The van der Waals surface area contributed by atoms with Crippen LogP contribution < -0.4 is 5.32 Å². The summed E-state index contributed by atoms with van der Waals surface area (Å²) in [5, 5.41) is 13.0. The highest BCUT2D eigenvalue weighted by Crippen LogP contribution is 2.20. The van der Waals surface area contributed by atoms with E-state index in [4.69, 9.17) is 0 Å². The van der Waals surface area contributed by atoms with Gasteiger partial charge in [0.05, 0.1) is 17.9 Å². The third-order valence-corrected chi connectivity index (χ3v) is 5.27. The molecule has 23 heavy (non-hydrogen) atoms. The zero-order chi connectivity index (χ0) is 16.4. The molecule has 0 saturated heterocycles. The average Bonchev–Trinajstić information content (AvgIpc) is 3.17. The van der Waals surface area contributed by atoms with Crippen molar-refractivity contribution in [2.24, 2.45) is 0 Å². The SMILES string of the molecule is Cc1cc(-n2nnc(C(=O)NCc3cccs3)c2C)ccc1Br. The van der Waals surface area contributed by atoms with Crippen molar-refractivity contribution in [3.63, 3.8) is 0 Å². The van der Waals surface area contributed by atoms with Crippen LogP contribution in [-0.4, -0.2) is 20.9 Å². The van der Waals surface area contributed by atoms with Crippen LogP contribution in [0.4, 0.5) is 0 Å². The lowest BCUT2D eigenvalue weighted by Gasteiger charge is -2.06. The van der Waals surface area contributed by atoms with Gasteiger partial charge in [0, 0.05) is 9.35 Å². The quantitative estimate of drug-likeness (QED) is 0.739. The van der Waals surface area contributed by atoms with Crippen molar-refractivity contribution < 1.29 is 4.79 Å². The second-order valence-electron chi connectivity index (χ2n) is 5.13. The Labute approximate surface area is 146 Å². The molecule has 0 spiro atoms. The summed E-state index contributed by atoms with van der Waals surface area (Å²) in [6, 6.07) is 9.84. The average molecular weight is 391 g/mol. The van der Waals surface area contributed by atoms with E-state index in [1.165, 1.54) is 0 Å². The summed E-state index contributed by atoms with van der Waals surface area (Å²) in [6.45, 7) is 4.35. The number of halogens is 1. The van der Waals surface area contributed by atoms with Gasteiger partial charge in [-0.2, -0.15) is 0 Å². The predicted octanol–water partition coefficient (Wildman–Crippen LogP) is 3.64. The van der Waals surface area contributed by atoms with Crippen LogP contribution in [0.3, 0.4) is 0 Å². The molecule has 1 aromatic carbocycles. The molecule has 5 nitrogen and oxygen atoms in total. The van der Waals surface area contributed by atoms with Gasteiger partial charge in [0.25, 0.3) is 5.91 Å². The normalized spacial score (nSPS) is 10.7. The van der Waals surface area contributed by atoms with E-state index < -0.39 is 0 Å². The molecule has 2 aromatic heterocycles. The van der Waals surface area contributed by atoms with Crippen LogP contribution in [0, 0.1) is 13.8 Å². The zero-order valence-corrected chi connectivity index (χ0v) is 15.1. The molecule has 2 heterocycles. The fourth-order valence-electron chi connectivity index (χ4n) is 2.21. The van der Waals surface area contributed by atoms with Crippen molar-refractivity contribution in [3.05, 3.63) is 62.0 Å². The van der Waals surface area contributed by atoms with Crippen molar-refractivity contribution in [1.82, 2.24) is 20.3 Å². The van der Waals surface area contributed by atoms with Crippen LogP contribution >= 0.6 is 27.3 Å². The van der Waals surface area contributed by atoms with Gasteiger partial charge in [-0.05, 0) is 49.1 Å². The van der Waals surface area contributed by atoms with Crippen molar-refractivity contribution >= 4 is 33.2 Å². The van der Waals surface area contributed by atoms with Gasteiger partial charge >= 0.3 is 0 Å². The Hall–Kier alpha value is -1.99. The monoisotopic (exact) mass is 390 g/mol. The van der Waals surface area contributed by atoms with Crippen molar-refractivity contribution in [2.45, 2.75) is 20.4 Å². The maximum absolute atomic E-state index is 12.3. The third-order valence-electron chi connectivity index (χ3n) is 3.50. The Morgan fingerprint density at radius 1 is 1.35 bits per heavy atom. The molecule has 118 valence electrons. The van der Waals surface area contributed by atoms with E-state index in [-0.39, 0.29) is 5.91 Å². The molecule has 0 aliphatic carbocycles. The number of aryl methyl sites for hydroxylation is 1. The van der Waals surface area contributed by atoms with Crippen molar-refractivity contribution in [1.29, 1.82) is 0 Å².